The molecule has 0 saturated heterocycles. The van der Waals surface area contributed by atoms with Crippen molar-refractivity contribution in [3.05, 3.63) is 65.4 Å². The average molecular weight is 556 g/mol. The molecule has 2 aromatic carbocycles. The number of rotatable bonds is 5. The highest BCUT2D eigenvalue weighted by molar-refractivity contribution is 5.86. The van der Waals surface area contributed by atoms with Gasteiger partial charge in [0.1, 0.15) is 11.5 Å². The van der Waals surface area contributed by atoms with E-state index in [4.69, 9.17) is 21.4 Å². The molecule has 1 heterocycles. The predicted octanol–water partition coefficient (Wildman–Crippen LogP) is 4.45. The van der Waals surface area contributed by atoms with Crippen LogP contribution in [0.3, 0.4) is 0 Å². The molecule has 0 radical (unpaired) electrons. The van der Waals surface area contributed by atoms with Crippen LogP contribution in [-0.4, -0.2) is 44.4 Å². The van der Waals surface area contributed by atoms with Gasteiger partial charge in [0.25, 0.3) is 11.5 Å². The second-order valence-corrected chi connectivity index (χ2v) is 8.79. The van der Waals surface area contributed by atoms with Crippen molar-refractivity contribution >= 4 is 17.7 Å². The number of primary amides is 1. The predicted molar refractivity (Wildman–Crippen MR) is 127 cm³/mol. The van der Waals surface area contributed by atoms with E-state index in [1.807, 2.05) is 24.3 Å². The Hall–Kier alpha value is -4.20. The Labute approximate surface area is 217 Å². The first-order chi connectivity index (χ1) is 18.0. The van der Waals surface area contributed by atoms with Crippen LogP contribution in [0.25, 0.3) is 22.5 Å². The number of nitrogen functional groups attached to an aromatic ring is 1. The quantitative estimate of drug-likeness (QED) is 0.339. The number of nitrogens with zero attached hydrogens (tertiary/aromatic N) is 2. The van der Waals surface area contributed by atoms with Crippen molar-refractivity contribution in [2.75, 3.05) is 5.73 Å². The third-order valence-corrected chi connectivity index (χ3v) is 5.97. The molecule has 0 bridgehead atoms. The number of amides is 1. The van der Waals surface area contributed by atoms with E-state index >= 15 is 0 Å². The van der Waals surface area contributed by atoms with Crippen molar-refractivity contribution in [1.29, 1.82) is 0 Å². The largest absolute Gasteiger partial charge is 0.490 e. The van der Waals surface area contributed by atoms with Crippen LogP contribution in [0.4, 0.5) is 32.2 Å². The van der Waals surface area contributed by atoms with Gasteiger partial charge in [0, 0.05) is 16.7 Å². The zero-order valence-electron chi connectivity index (χ0n) is 20.1. The van der Waals surface area contributed by atoms with Crippen LogP contribution in [0, 0.1) is 6.92 Å². The van der Waals surface area contributed by atoms with Gasteiger partial charge in [-0.1, -0.05) is 36.4 Å². The molecule has 8 nitrogen and oxygen atoms in total. The number of aliphatic hydroxyl groups is 1. The summed E-state index contributed by atoms with van der Waals surface area (Å²) in [7, 11) is 0. The van der Waals surface area contributed by atoms with Gasteiger partial charge in [-0.05, 0) is 42.9 Å². The summed E-state index contributed by atoms with van der Waals surface area (Å²) in [5.41, 5.74) is 9.81. The first kappa shape index (κ1) is 29.4. The second-order valence-electron chi connectivity index (χ2n) is 8.79. The van der Waals surface area contributed by atoms with E-state index in [1.165, 1.54) is 30.7 Å². The van der Waals surface area contributed by atoms with Crippen LogP contribution < -0.4 is 11.5 Å². The minimum atomic E-state index is -5.30. The Bertz CT molecular complexity index is 1390. The average Bonchev–Trinajstić information content (AvgIpc) is 3.69. The number of carbonyl (C=O) groups is 2. The van der Waals surface area contributed by atoms with Gasteiger partial charge in [-0.25, -0.2) is 14.8 Å². The van der Waals surface area contributed by atoms with Crippen LogP contribution >= 0.6 is 0 Å². The first-order valence-electron chi connectivity index (χ1n) is 11.2. The zero-order valence-corrected chi connectivity index (χ0v) is 20.1. The monoisotopic (exact) mass is 556 g/mol. The summed E-state index contributed by atoms with van der Waals surface area (Å²) in [6.07, 6.45) is -6.71. The molecule has 1 unspecified atom stereocenters. The fourth-order valence-electron chi connectivity index (χ4n) is 3.64. The maximum absolute atomic E-state index is 13.5. The number of aryl methyl sites for hydroxylation is 1. The minimum Gasteiger partial charge on any atom is -0.475 e. The van der Waals surface area contributed by atoms with E-state index < -0.39 is 35.4 Å². The number of aromatic nitrogens is 2. The molecule has 208 valence electrons. The smallest absolute Gasteiger partial charge is 0.475 e. The maximum atomic E-state index is 13.5. The summed E-state index contributed by atoms with van der Waals surface area (Å²) in [6.45, 7) is 1.66. The summed E-state index contributed by atoms with van der Waals surface area (Å²) in [6, 6.07) is 11.2. The van der Waals surface area contributed by atoms with Crippen LogP contribution in [0.1, 0.15) is 35.4 Å². The van der Waals surface area contributed by atoms with E-state index in [-0.39, 0.29) is 17.1 Å². The van der Waals surface area contributed by atoms with Crippen LogP contribution in [0.15, 0.2) is 48.7 Å². The van der Waals surface area contributed by atoms with Gasteiger partial charge in [-0.2, -0.15) is 26.3 Å². The summed E-state index contributed by atoms with van der Waals surface area (Å²) in [5.74, 6) is -3.92. The highest BCUT2D eigenvalue weighted by atomic mass is 19.4. The number of carboxylic acid groups (broad SMARTS) is 1. The molecule has 14 heteroatoms. The van der Waals surface area contributed by atoms with Gasteiger partial charge in [0.15, 0.2) is 0 Å². The van der Waals surface area contributed by atoms with Gasteiger partial charge in [0.2, 0.25) is 0 Å². The lowest BCUT2D eigenvalue weighted by Gasteiger charge is -2.28. The van der Waals surface area contributed by atoms with Crippen molar-refractivity contribution in [2.24, 2.45) is 5.73 Å². The number of hydrogen-bond donors (Lipinski definition) is 4. The number of anilines is 1. The van der Waals surface area contributed by atoms with Gasteiger partial charge in [-0.3, -0.25) is 4.79 Å². The zero-order chi connectivity index (χ0) is 29.3. The maximum Gasteiger partial charge on any atom is 0.490 e. The fraction of sp³-hybridized carbons (Fsp3) is 0.280. The standard InChI is InChI=1S/C23H21F3N4O2.C2HF3O2/c1-12-2-9-16(22(32,21(28)31)23(24,25)26)10-17(12)18-11-29-20(27)19(30-18)15-7-5-14(6-8-15)13-3-4-13;3-2(4,5)1(6)7/h2,5-11,13,32H,3-4H2,1H3,(H2,27,29)(H2,28,31);(H,6,7). The Morgan fingerprint density at radius 1 is 1.00 bits per heavy atom. The lowest BCUT2D eigenvalue weighted by molar-refractivity contribution is -0.255. The van der Waals surface area contributed by atoms with Gasteiger partial charge >= 0.3 is 18.3 Å². The van der Waals surface area contributed by atoms with Crippen LogP contribution in [-0.2, 0) is 15.2 Å². The molecule has 1 saturated carbocycles. The van der Waals surface area contributed by atoms with E-state index in [1.54, 1.807) is 6.92 Å². The SMILES string of the molecule is Cc1ccc(C(O)(C(N)=O)C(F)(F)F)cc1-c1cnc(N)c(-c2ccc(C3CC3)cc2)n1.O=C(O)C(F)(F)F. The van der Waals surface area contributed by atoms with Crippen LogP contribution in [0.5, 0.6) is 0 Å². The molecule has 1 fully saturated rings. The van der Waals surface area contributed by atoms with Crippen LogP contribution in [0.2, 0.25) is 0 Å². The molecular weight excluding hydrogens is 534 g/mol. The number of nitrogens with two attached hydrogens (primary N) is 2. The molecule has 1 aromatic heterocycles. The number of carboxylic acids is 1. The van der Waals surface area contributed by atoms with E-state index in [0.29, 0.717) is 17.2 Å². The summed E-state index contributed by atoms with van der Waals surface area (Å²) >= 11 is 0. The lowest BCUT2D eigenvalue weighted by Crippen LogP contribution is -2.52. The lowest BCUT2D eigenvalue weighted by atomic mass is 9.89. The molecule has 0 aliphatic heterocycles. The number of hydrogen-bond acceptors (Lipinski definition) is 6. The number of aliphatic carboxylic acids is 1. The van der Waals surface area contributed by atoms with Gasteiger partial charge < -0.3 is 21.7 Å². The molecule has 3 aromatic rings. The molecule has 1 amide bonds. The van der Waals surface area contributed by atoms with E-state index in [0.717, 1.165) is 17.7 Å². The minimum absolute atomic E-state index is 0.172. The molecule has 39 heavy (non-hydrogen) atoms. The third-order valence-electron chi connectivity index (χ3n) is 5.97. The summed E-state index contributed by atoms with van der Waals surface area (Å²) in [5, 5.41) is 17.3. The fourth-order valence-corrected chi connectivity index (χ4v) is 3.64. The van der Waals surface area contributed by atoms with Gasteiger partial charge in [-0.15, -0.1) is 0 Å². The second kappa shape index (κ2) is 10.5. The molecule has 1 atom stereocenters. The highest BCUT2D eigenvalue weighted by Gasteiger charge is 2.60. The molecule has 1 aliphatic rings. The Morgan fingerprint density at radius 2 is 1.56 bits per heavy atom. The number of benzene rings is 2. The first-order valence-corrected chi connectivity index (χ1v) is 11.2. The number of halogens is 6. The molecule has 1 aliphatic carbocycles. The molecular formula is C25H22F6N4O4. The van der Waals surface area contributed by atoms with E-state index in [2.05, 4.69) is 9.97 Å². The Balaban J connectivity index is 0.000000532. The van der Waals surface area contributed by atoms with Gasteiger partial charge in [0.05, 0.1) is 11.9 Å². The van der Waals surface area contributed by atoms with Crippen molar-refractivity contribution < 1.29 is 46.1 Å². The number of carbonyl (C=O) groups excluding carboxylic acids is 1. The summed E-state index contributed by atoms with van der Waals surface area (Å²) < 4.78 is 72.3. The highest BCUT2D eigenvalue weighted by Crippen LogP contribution is 2.42. The van der Waals surface area contributed by atoms with Crippen molar-refractivity contribution in [3.8, 4) is 22.5 Å². The summed E-state index contributed by atoms with van der Waals surface area (Å²) in [4.78, 5) is 29.2. The van der Waals surface area contributed by atoms with Crippen molar-refractivity contribution in [1.82, 2.24) is 9.97 Å². The van der Waals surface area contributed by atoms with E-state index in [9.17, 15) is 36.2 Å². The Morgan fingerprint density at radius 3 is 2.03 bits per heavy atom. The number of alkyl halides is 6. The molecule has 6 N–H and O–H groups in total. The van der Waals surface area contributed by atoms with Crippen molar-refractivity contribution in [2.45, 2.75) is 43.6 Å². The molecule has 4 rings (SSSR count). The van der Waals surface area contributed by atoms with Crippen molar-refractivity contribution in [3.63, 3.8) is 0 Å². The topological polar surface area (TPSA) is 152 Å². The molecule has 0 spiro atoms. The Kier molecular flexibility index (Phi) is 7.92. The third kappa shape index (κ3) is 6.28. The normalized spacial score (nSPS) is 15.1.